The highest BCUT2D eigenvalue weighted by molar-refractivity contribution is 5.95. The Hall–Kier alpha value is -1.62. The molecule has 0 aliphatic heterocycles. The number of aromatic nitrogens is 1. The van der Waals surface area contributed by atoms with Crippen LogP contribution in [0.2, 0.25) is 0 Å². The zero-order chi connectivity index (χ0) is 9.68. The van der Waals surface area contributed by atoms with E-state index in [1.165, 1.54) is 7.11 Å². The summed E-state index contributed by atoms with van der Waals surface area (Å²) in [4.78, 5) is 8.57. The van der Waals surface area contributed by atoms with Crippen LogP contribution in [0.1, 0.15) is 11.3 Å². The molecule has 0 saturated heterocycles. The van der Waals surface area contributed by atoms with Gasteiger partial charge in [-0.3, -0.25) is 4.98 Å². The molecule has 0 unspecified atom stereocenters. The molecule has 0 amide bonds. The minimum absolute atomic E-state index is 0.256. The molecule has 70 valence electrons. The van der Waals surface area contributed by atoms with Gasteiger partial charge in [-0.15, -0.1) is 0 Å². The van der Waals surface area contributed by atoms with Crippen molar-refractivity contribution in [2.75, 3.05) is 7.11 Å². The number of oxime groups is 1. The smallest absolute Gasteiger partial charge is 0.188 e. The zero-order valence-corrected chi connectivity index (χ0v) is 7.40. The standard InChI is InChI=1S/C8H12N4O/c1-13-12-8(10)7-3-2-6(4-9)5-11-7/h2-3,5H,4,9H2,1H3,(H2,10,12). The van der Waals surface area contributed by atoms with E-state index < -0.39 is 0 Å². The lowest BCUT2D eigenvalue weighted by atomic mass is 10.2. The zero-order valence-electron chi connectivity index (χ0n) is 7.40. The third-order valence-electron chi connectivity index (χ3n) is 1.51. The predicted octanol–water partition coefficient (Wildman–Crippen LogP) is -0.193. The Labute approximate surface area is 76.4 Å². The summed E-state index contributed by atoms with van der Waals surface area (Å²) in [5.41, 5.74) is 12.5. The molecule has 0 aliphatic carbocycles. The summed E-state index contributed by atoms with van der Waals surface area (Å²) in [5, 5.41) is 3.55. The number of nitrogens with zero attached hydrogens (tertiary/aromatic N) is 2. The number of hydrogen-bond acceptors (Lipinski definition) is 4. The molecule has 13 heavy (non-hydrogen) atoms. The van der Waals surface area contributed by atoms with Crippen molar-refractivity contribution in [1.82, 2.24) is 4.98 Å². The van der Waals surface area contributed by atoms with E-state index in [-0.39, 0.29) is 5.84 Å². The number of amidine groups is 1. The van der Waals surface area contributed by atoms with E-state index in [4.69, 9.17) is 11.5 Å². The first-order valence-electron chi connectivity index (χ1n) is 3.80. The van der Waals surface area contributed by atoms with Gasteiger partial charge in [-0.1, -0.05) is 11.2 Å². The monoisotopic (exact) mass is 180 g/mol. The second-order valence-electron chi connectivity index (χ2n) is 2.41. The predicted molar refractivity (Wildman–Crippen MR) is 49.9 cm³/mol. The van der Waals surface area contributed by atoms with Gasteiger partial charge in [0.1, 0.15) is 12.8 Å². The van der Waals surface area contributed by atoms with Crippen LogP contribution in [0.15, 0.2) is 23.5 Å². The lowest BCUT2D eigenvalue weighted by Gasteiger charge is -1.99. The Morgan fingerprint density at radius 1 is 1.62 bits per heavy atom. The summed E-state index contributed by atoms with van der Waals surface area (Å²) in [7, 11) is 1.43. The van der Waals surface area contributed by atoms with E-state index in [1.54, 1.807) is 12.3 Å². The van der Waals surface area contributed by atoms with Crippen molar-refractivity contribution < 1.29 is 4.84 Å². The Bertz CT molecular complexity index is 294. The van der Waals surface area contributed by atoms with E-state index in [0.717, 1.165) is 5.56 Å². The van der Waals surface area contributed by atoms with Crippen LogP contribution in [-0.4, -0.2) is 17.9 Å². The van der Waals surface area contributed by atoms with Crippen LogP contribution in [-0.2, 0) is 11.4 Å². The average Bonchev–Trinajstić information content (AvgIpc) is 2.18. The largest absolute Gasteiger partial charge is 0.397 e. The van der Waals surface area contributed by atoms with Gasteiger partial charge in [0.05, 0.1) is 0 Å². The lowest BCUT2D eigenvalue weighted by Crippen LogP contribution is -2.15. The van der Waals surface area contributed by atoms with E-state index in [0.29, 0.717) is 12.2 Å². The van der Waals surface area contributed by atoms with Gasteiger partial charge in [0.25, 0.3) is 0 Å². The van der Waals surface area contributed by atoms with Crippen molar-refractivity contribution in [1.29, 1.82) is 0 Å². The molecule has 0 spiro atoms. The van der Waals surface area contributed by atoms with Gasteiger partial charge in [0, 0.05) is 12.7 Å². The van der Waals surface area contributed by atoms with Crippen LogP contribution < -0.4 is 11.5 Å². The fourth-order valence-corrected chi connectivity index (χ4v) is 0.842. The Balaban J connectivity index is 2.85. The van der Waals surface area contributed by atoms with Gasteiger partial charge in [0.15, 0.2) is 5.84 Å². The highest BCUT2D eigenvalue weighted by Gasteiger charge is 1.99. The number of hydrogen-bond donors (Lipinski definition) is 2. The molecule has 1 heterocycles. The summed E-state index contributed by atoms with van der Waals surface area (Å²) in [6.07, 6.45) is 1.66. The van der Waals surface area contributed by atoms with E-state index in [1.807, 2.05) is 6.07 Å². The van der Waals surface area contributed by atoms with Gasteiger partial charge < -0.3 is 16.3 Å². The molecule has 0 atom stereocenters. The summed E-state index contributed by atoms with van der Waals surface area (Å²) >= 11 is 0. The molecule has 4 N–H and O–H groups in total. The normalized spacial score (nSPS) is 11.4. The third kappa shape index (κ3) is 2.41. The molecule has 0 saturated carbocycles. The second-order valence-corrected chi connectivity index (χ2v) is 2.41. The SMILES string of the molecule is CON=C(N)c1ccc(CN)cn1. The van der Waals surface area contributed by atoms with Crippen LogP contribution >= 0.6 is 0 Å². The molecular formula is C8H12N4O. The molecule has 1 rings (SSSR count). The van der Waals surface area contributed by atoms with Crippen molar-refractivity contribution >= 4 is 5.84 Å². The van der Waals surface area contributed by atoms with Crippen molar-refractivity contribution in [2.24, 2.45) is 16.6 Å². The molecule has 0 aromatic carbocycles. The highest BCUT2D eigenvalue weighted by Crippen LogP contribution is 1.98. The van der Waals surface area contributed by atoms with Crippen molar-refractivity contribution in [3.8, 4) is 0 Å². The maximum atomic E-state index is 5.53. The average molecular weight is 180 g/mol. The summed E-state index contributed by atoms with van der Waals surface area (Å²) < 4.78 is 0. The van der Waals surface area contributed by atoms with E-state index in [9.17, 15) is 0 Å². The van der Waals surface area contributed by atoms with Crippen molar-refractivity contribution in [3.05, 3.63) is 29.6 Å². The van der Waals surface area contributed by atoms with Gasteiger partial charge in [0.2, 0.25) is 0 Å². The lowest BCUT2D eigenvalue weighted by molar-refractivity contribution is 0.213. The first kappa shape index (κ1) is 9.47. The quantitative estimate of drug-likeness (QED) is 0.383. The maximum Gasteiger partial charge on any atom is 0.188 e. The topological polar surface area (TPSA) is 86.5 Å². The minimum atomic E-state index is 0.256. The number of rotatable bonds is 3. The van der Waals surface area contributed by atoms with Crippen molar-refractivity contribution in [3.63, 3.8) is 0 Å². The van der Waals surface area contributed by atoms with E-state index >= 15 is 0 Å². The molecule has 5 nitrogen and oxygen atoms in total. The van der Waals surface area contributed by atoms with E-state index in [2.05, 4.69) is 15.0 Å². The van der Waals surface area contributed by atoms with Crippen LogP contribution in [0.3, 0.4) is 0 Å². The fraction of sp³-hybridized carbons (Fsp3) is 0.250. The summed E-state index contributed by atoms with van der Waals surface area (Å²) in [6, 6.07) is 3.60. The molecule has 0 bridgehead atoms. The minimum Gasteiger partial charge on any atom is -0.397 e. The third-order valence-corrected chi connectivity index (χ3v) is 1.51. The van der Waals surface area contributed by atoms with Gasteiger partial charge in [-0.05, 0) is 11.6 Å². The molecule has 0 radical (unpaired) electrons. The number of nitrogens with two attached hydrogens (primary N) is 2. The molecule has 1 aromatic heterocycles. The fourth-order valence-electron chi connectivity index (χ4n) is 0.842. The Morgan fingerprint density at radius 3 is 2.85 bits per heavy atom. The first-order valence-corrected chi connectivity index (χ1v) is 3.80. The molecule has 5 heteroatoms. The summed E-state index contributed by atoms with van der Waals surface area (Å²) in [5.74, 6) is 0.256. The van der Waals surface area contributed by atoms with Crippen molar-refractivity contribution in [2.45, 2.75) is 6.54 Å². The molecular weight excluding hydrogens is 168 g/mol. The van der Waals surface area contributed by atoms with Gasteiger partial charge >= 0.3 is 0 Å². The highest BCUT2D eigenvalue weighted by atomic mass is 16.6. The maximum absolute atomic E-state index is 5.53. The first-order chi connectivity index (χ1) is 6.27. The van der Waals surface area contributed by atoms with Gasteiger partial charge in [-0.2, -0.15) is 0 Å². The number of pyridine rings is 1. The van der Waals surface area contributed by atoms with Gasteiger partial charge in [-0.25, -0.2) is 0 Å². The molecule has 0 fully saturated rings. The Kier molecular flexibility index (Phi) is 3.22. The van der Waals surface area contributed by atoms with Crippen LogP contribution in [0.5, 0.6) is 0 Å². The van der Waals surface area contributed by atoms with Crippen LogP contribution in [0.25, 0.3) is 0 Å². The second kappa shape index (κ2) is 4.42. The molecule has 1 aromatic rings. The Morgan fingerprint density at radius 2 is 2.38 bits per heavy atom. The van der Waals surface area contributed by atoms with Crippen LogP contribution in [0, 0.1) is 0 Å². The molecule has 0 aliphatic rings. The van der Waals surface area contributed by atoms with Crippen LogP contribution in [0.4, 0.5) is 0 Å². The summed E-state index contributed by atoms with van der Waals surface area (Å²) in [6.45, 7) is 0.467.